The Morgan fingerprint density at radius 3 is 2.65 bits per heavy atom. The summed E-state index contributed by atoms with van der Waals surface area (Å²) >= 11 is 0. The summed E-state index contributed by atoms with van der Waals surface area (Å²) in [5.41, 5.74) is 2.50. The SMILES string of the molecule is COc1ccc2nc(C)c(C(=O)Nc3cccc(OCC(=O)N4CCCC4)c3)cc2c1. The van der Waals surface area contributed by atoms with Crippen LogP contribution in [0.25, 0.3) is 10.9 Å². The highest BCUT2D eigenvalue weighted by atomic mass is 16.5. The van der Waals surface area contributed by atoms with E-state index in [1.165, 1.54) is 0 Å². The normalized spacial score (nSPS) is 13.3. The summed E-state index contributed by atoms with van der Waals surface area (Å²) in [4.78, 5) is 31.4. The molecule has 0 spiro atoms. The molecular formula is C24H25N3O4. The summed E-state index contributed by atoms with van der Waals surface area (Å²) in [6.07, 6.45) is 2.09. The van der Waals surface area contributed by atoms with Crippen molar-refractivity contribution in [3.63, 3.8) is 0 Å². The molecule has 0 aliphatic carbocycles. The molecule has 2 aromatic carbocycles. The zero-order valence-corrected chi connectivity index (χ0v) is 17.7. The molecule has 0 atom stereocenters. The Morgan fingerprint density at radius 2 is 1.87 bits per heavy atom. The van der Waals surface area contributed by atoms with Gasteiger partial charge in [0.2, 0.25) is 0 Å². The van der Waals surface area contributed by atoms with Gasteiger partial charge in [0.15, 0.2) is 6.61 Å². The lowest BCUT2D eigenvalue weighted by molar-refractivity contribution is -0.132. The van der Waals surface area contributed by atoms with Gasteiger partial charge in [-0.15, -0.1) is 0 Å². The number of nitrogens with one attached hydrogen (secondary N) is 1. The molecule has 3 aromatic rings. The van der Waals surface area contributed by atoms with Crippen molar-refractivity contribution in [2.24, 2.45) is 0 Å². The molecule has 1 aromatic heterocycles. The van der Waals surface area contributed by atoms with Crippen LogP contribution in [-0.4, -0.2) is 48.5 Å². The first-order valence-electron chi connectivity index (χ1n) is 10.3. The minimum atomic E-state index is -0.264. The Bertz CT molecular complexity index is 1120. The van der Waals surface area contributed by atoms with Gasteiger partial charge in [-0.2, -0.15) is 0 Å². The van der Waals surface area contributed by atoms with Crippen LogP contribution < -0.4 is 14.8 Å². The van der Waals surface area contributed by atoms with Gasteiger partial charge >= 0.3 is 0 Å². The molecule has 2 amide bonds. The third-order valence-electron chi connectivity index (χ3n) is 5.37. The highest BCUT2D eigenvalue weighted by Gasteiger charge is 2.18. The van der Waals surface area contributed by atoms with Crippen LogP contribution >= 0.6 is 0 Å². The van der Waals surface area contributed by atoms with E-state index in [-0.39, 0.29) is 18.4 Å². The molecular weight excluding hydrogens is 394 g/mol. The van der Waals surface area contributed by atoms with E-state index in [0.717, 1.165) is 36.8 Å². The van der Waals surface area contributed by atoms with E-state index in [1.807, 2.05) is 36.1 Å². The predicted molar refractivity (Wildman–Crippen MR) is 119 cm³/mol. The van der Waals surface area contributed by atoms with Crippen molar-refractivity contribution in [1.82, 2.24) is 9.88 Å². The van der Waals surface area contributed by atoms with Crippen molar-refractivity contribution >= 4 is 28.4 Å². The van der Waals surface area contributed by atoms with Crippen molar-refractivity contribution in [2.75, 3.05) is 32.1 Å². The van der Waals surface area contributed by atoms with Gasteiger partial charge < -0.3 is 19.7 Å². The molecule has 1 N–H and O–H groups in total. The van der Waals surface area contributed by atoms with Gasteiger partial charge in [-0.05, 0) is 56.2 Å². The summed E-state index contributed by atoms with van der Waals surface area (Å²) in [6, 6.07) is 14.4. The maximum Gasteiger partial charge on any atom is 0.260 e. The Kier molecular flexibility index (Phi) is 6.02. The van der Waals surface area contributed by atoms with Gasteiger partial charge in [-0.3, -0.25) is 14.6 Å². The predicted octanol–water partition coefficient (Wildman–Crippen LogP) is 3.81. The van der Waals surface area contributed by atoms with E-state index >= 15 is 0 Å². The van der Waals surface area contributed by atoms with Crippen molar-refractivity contribution in [3.05, 3.63) is 59.8 Å². The molecule has 160 valence electrons. The van der Waals surface area contributed by atoms with E-state index in [0.29, 0.717) is 28.4 Å². The molecule has 7 heteroatoms. The second kappa shape index (κ2) is 9.04. The Morgan fingerprint density at radius 1 is 1.06 bits per heavy atom. The molecule has 1 fully saturated rings. The largest absolute Gasteiger partial charge is 0.497 e. The van der Waals surface area contributed by atoms with Gasteiger partial charge in [0, 0.05) is 30.2 Å². The molecule has 0 radical (unpaired) electrons. The van der Waals surface area contributed by atoms with Crippen LogP contribution in [0.4, 0.5) is 5.69 Å². The smallest absolute Gasteiger partial charge is 0.260 e. The molecule has 2 heterocycles. The lowest BCUT2D eigenvalue weighted by Crippen LogP contribution is -2.32. The van der Waals surface area contributed by atoms with Crippen LogP contribution in [0.5, 0.6) is 11.5 Å². The maximum absolute atomic E-state index is 12.9. The molecule has 1 aliphatic heterocycles. The summed E-state index contributed by atoms with van der Waals surface area (Å²) in [7, 11) is 1.60. The quantitative estimate of drug-likeness (QED) is 0.657. The van der Waals surface area contributed by atoms with Crippen molar-refractivity contribution < 1.29 is 19.1 Å². The number of hydrogen-bond donors (Lipinski definition) is 1. The number of hydrogen-bond acceptors (Lipinski definition) is 5. The number of carbonyl (C=O) groups is 2. The van der Waals surface area contributed by atoms with Crippen LogP contribution in [0, 0.1) is 6.92 Å². The second-order valence-corrected chi connectivity index (χ2v) is 7.54. The highest BCUT2D eigenvalue weighted by molar-refractivity contribution is 6.07. The third kappa shape index (κ3) is 4.77. The van der Waals surface area contributed by atoms with Crippen LogP contribution in [0.15, 0.2) is 48.5 Å². The number of ether oxygens (including phenoxy) is 2. The summed E-state index contributed by atoms with van der Waals surface area (Å²) in [5.74, 6) is 0.960. The standard InChI is InChI=1S/C24H25N3O4/c1-16-21(13-17-12-19(30-2)8-9-22(17)25-16)24(29)26-18-6-5-7-20(14-18)31-15-23(28)27-10-3-4-11-27/h5-9,12-14H,3-4,10-11,15H2,1-2H3,(H,26,29). The number of fused-ring (bicyclic) bond motifs is 1. The number of benzene rings is 2. The van der Waals surface area contributed by atoms with E-state index in [9.17, 15) is 9.59 Å². The van der Waals surface area contributed by atoms with E-state index in [1.54, 1.807) is 31.4 Å². The van der Waals surface area contributed by atoms with Crippen LogP contribution in [-0.2, 0) is 4.79 Å². The summed E-state index contributed by atoms with van der Waals surface area (Å²) in [6.45, 7) is 3.39. The Balaban J connectivity index is 1.46. The fraction of sp³-hybridized carbons (Fsp3) is 0.292. The molecule has 7 nitrogen and oxygen atoms in total. The van der Waals surface area contributed by atoms with Gasteiger partial charge in [-0.25, -0.2) is 0 Å². The first-order chi connectivity index (χ1) is 15.0. The summed E-state index contributed by atoms with van der Waals surface area (Å²) in [5, 5.41) is 3.72. The number of methoxy groups -OCH3 is 1. The van der Waals surface area contributed by atoms with Crippen LogP contribution in [0.1, 0.15) is 28.9 Å². The number of aromatic nitrogens is 1. The number of likely N-dealkylation sites (tertiary alicyclic amines) is 1. The monoisotopic (exact) mass is 419 g/mol. The third-order valence-corrected chi connectivity index (χ3v) is 5.37. The van der Waals surface area contributed by atoms with E-state index in [4.69, 9.17) is 9.47 Å². The number of anilines is 1. The average Bonchev–Trinajstić information content (AvgIpc) is 3.32. The molecule has 1 saturated heterocycles. The molecule has 0 bridgehead atoms. The maximum atomic E-state index is 12.9. The van der Waals surface area contributed by atoms with Gasteiger partial charge in [0.25, 0.3) is 11.8 Å². The topological polar surface area (TPSA) is 80.8 Å². The fourth-order valence-corrected chi connectivity index (χ4v) is 3.67. The molecule has 0 unspecified atom stereocenters. The Hall–Kier alpha value is -3.61. The van der Waals surface area contributed by atoms with Crippen molar-refractivity contribution in [3.8, 4) is 11.5 Å². The zero-order chi connectivity index (χ0) is 21.8. The highest BCUT2D eigenvalue weighted by Crippen LogP contribution is 2.23. The van der Waals surface area contributed by atoms with Crippen molar-refractivity contribution in [2.45, 2.75) is 19.8 Å². The number of rotatable bonds is 6. The number of aryl methyl sites for hydroxylation is 1. The zero-order valence-electron chi connectivity index (χ0n) is 17.7. The average molecular weight is 419 g/mol. The van der Waals surface area contributed by atoms with Gasteiger partial charge in [0.05, 0.1) is 23.9 Å². The minimum absolute atomic E-state index is 0.00701. The van der Waals surface area contributed by atoms with Crippen LogP contribution in [0.2, 0.25) is 0 Å². The first kappa shape index (κ1) is 20.7. The lowest BCUT2D eigenvalue weighted by Gasteiger charge is -2.16. The second-order valence-electron chi connectivity index (χ2n) is 7.54. The van der Waals surface area contributed by atoms with E-state index in [2.05, 4.69) is 10.3 Å². The molecule has 0 saturated carbocycles. The first-order valence-corrected chi connectivity index (χ1v) is 10.3. The number of pyridine rings is 1. The minimum Gasteiger partial charge on any atom is -0.497 e. The van der Waals surface area contributed by atoms with Crippen molar-refractivity contribution in [1.29, 1.82) is 0 Å². The van der Waals surface area contributed by atoms with Gasteiger partial charge in [0.1, 0.15) is 11.5 Å². The van der Waals surface area contributed by atoms with Crippen LogP contribution in [0.3, 0.4) is 0 Å². The fourth-order valence-electron chi connectivity index (χ4n) is 3.67. The summed E-state index contributed by atoms with van der Waals surface area (Å²) < 4.78 is 10.9. The molecule has 1 aliphatic rings. The molecule has 31 heavy (non-hydrogen) atoms. The number of nitrogens with zero attached hydrogens (tertiary/aromatic N) is 2. The van der Waals surface area contributed by atoms with Gasteiger partial charge in [-0.1, -0.05) is 6.07 Å². The van der Waals surface area contributed by atoms with E-state index < -0.39 is 0 Å². The number of amides is 2. The lowest BCUT2D eigenvalue weighted by atomic mass is 10.1. The molecule has 4 rings (SSSR count). The number of carbonyl (C=O) groups excluding carboxylic acids is 2. The Labute approximate surface area is 181 Å².